The highest BCUT2D eigenvalue weighted by Crippen LogP contribution is 2.49. The minimum atomic E-state index is -3.31. The maximum absolute atomic E-state index is 11.8. The minimum absolute atomic E-state index is 0.188. The molecular formula is C14H24O5S. The molecule has 2 fully saturated rings. The Morgan fingerprint density at radius 2 is 1.75 bits per heavy atom. The second-order valence-corrected chi connectivity index (χ2v) is 8.95. The molecule has 1 saturated heterocycles. The van der Waals surface area contributed by atoms with Crippen LogP contribution in [0.4, 0.5) is 0 Å². The summed E-state index contributed by atoms with van der Waals surface area (Å²) in [6, 6.07) is 0. The Morgan fingerprint density at radius 3 is 2.10 bits per heavy atom. The van der Waals surface area contributed by atoms with Crippen LogP contribution in [0.2, 0.25) is 0 Å². The molecule has 0 spiro atoms. The summed E-state index contributed by atoms with van der Waals surface area (Å²) in [6.45, 7) is 4.26. The van der Waals surface area contributed by atoms with Crippen molar-refractivity contribution in [1.29, 1.82) is 0 Å². The third-order valence-electron chi connectivity index (χ3n) is 5.32. The molecule has 1 saturated carbocycles. The lowest BCUT2D eigenvalue weighted by atomic mass is 9.61. The molecule has 2 unspecified atom stereocenters. The standard InChI is InChI=1S/C14H24O5S/c1-9(2)10-3-5-14(6-4-10,13(16)17)11-7-20(18,19)8-12(11)15/h9-12,15H,3-8H2,1-2H3,(H,16,17). The molecule has 0 bridgehead atoms. The van der Waals surface area contributed by atoms with Gasteiger partial charge in [-0.3, -0.25) is 4.79 Å². The molecule has 5 nitrogen and oxygen atoms in total. The van der Waals surface area contributed by atoms with Gasteiger partial charge in [-0.15, -0.1) is 0 Å². The molecule has 2 aliphatic rings. The first-order valence-corrected chi connectivity index (χ1v) is 9.12. The maximum Gasteiger partial charge on any atom is 0.310 e. The molecule has 0 radical (unpaired) electrons. The summed E-state index contributed by atoms with van der Waals surface area (Å²) in [5.41, 5.74) is -1.06. The first kappa shape index (κ1) is 15.8. The van der Waals surface area contributed by atoms with E-state index >= 15 is 0 Å². The van der Waals surface area contributed by atoms with Gasteiger partial charge < -0.3 is 10.2 Å². The lowest BCUT2D eigenvalue weighted by molar-refractivity contribution is -0.158. The molecule has 2 rings (SSSR count). The van der Waals surface area contributed by atoms with Crippen LogP contribution in [-0.4, -0.2) is 42.2 Å². The highest BCUT2D eigenvalue weighted by molar-refractivity contribution is 7.91. The average Bonchev–Trinajstić information content (AvgIpc) is 2.62. The second-order valence-electron chi connectivity index (χ2n) is 6.79. The molecule has 0 aromatic heterocycles. The van der Waals surface area contributed by atoms with E-state index in [1.54, 1.807) is 0 Å². The Morgan fingerprint density at radius 1 is 1.20 bits per heavy atom. The van der Waals surface area contributed by atoms with Gasteiger partial charge in [-0.05, 0) is 37.5 Å². The van der Waals surface area contributed by atoms with Gasteiger partial charge in [0.2, 0.25) is 0 Å². The molecule has 0 aromatic carbocycles. The molecule has 0 amide bonds. The van der Waals surface area contributed by atoms with Gasteiger partial charge in [0.1, 0.15) is 0 Å². The number of carbonyl (C=O) groups is 1. The zero-order valence-corrected chi connectivity index (χ0v) is 12.9. The van der Waals surface area contributed by atoms with Crippen LogP contribution in [0, 0.1) is 23.2 Å². The first-order chi connectivity index (χ1) is 9.18. The van der Waals surface area contributed by atoms with Crippen molar-refractivity contribution < 1.29 is 23.4 Å². The van der Waals surface area contributed by atoms with Gasteiger partial charge in [0.25, 0.3) is 0 Å². The summed E-state index contributed by atoms with van der Waals surface area (Å²) in [4.78, 5) is 11.8. The van der Waals surface area contributed by atoms with E-state index in [-0.39, 0.29) is 11.5 Å². The number of rotatable bonds is 3. The normalized spacial score (nSPS) is 40.9. The number of aliphatic carboxylic acids is 1. The van der Waals surface area contributed by atoms with Crippen molar-refractivity contribution in [3.8, 4) is 0 Å². The molecule has 0 aromatic rings. The number of aliphatic hydroxyl groups excluding tert-OH is 1. The number of hydrogen-bond donors (Lipinski definition) is 2. The van der Waals surface area contributed by atoms with Crippen molar-refractivity contribution >= 4 is 15.8 Å². The highest BCUT2D eigenvalue weighted by atomic mass is 32.2. The summed E-state index contributed by atoms with van der Waals surface area (Å²) in [7, 11) is -3.31. The fourth-order valence-electron chi connectivity index (χ4n) is 3.92. The predicted molar refractivity (Wildman–Crippen MR) is 75.0 cm³/mol. The van der Waals surface area contributed by atoms with E-state index in [1.165, 1.54) is 0 Å². The monoisotopic (exact) mass is 304 g/mol. The smallest absolute Gasteiger partial charge is 0.310 e. The summed E-state index contributed by atoms with van der Waals surface area (Å²) >= 11 is 0. The van der Waals surface area contributed by atoms with E-state index in [1.807, 2.05) is 0 Å². The quantitative estimate of drug-likeness (QED) is 0.820. The van der Waals surface area contributed by atoms with Gasteiger partial charge in [0, 0.05) is 5.92 Å². The number of sulfone groups is 1. The molecule has 1 heterocycles. The van der Waals surface area contributed by atoms with Crippen LogP contribution in [0.3, 0.4) is 0 Å². The van der Waals surface area contributed by atoms with Crippen molar-refractivity contribution in [3.05, 3.63) is 0 Å². The van der Waals surface area contributed by atoms with Crippen molar-refractivity contribution in [1.82, 2.24) is 0 Å². The maximum atomic E-state index is 11.8. The highest BCUT2D eigenvalue weighted by Gasteiger charge is 2.55. The Bertz CT molecular complexity index is 474. The lowest BCUT2D eigenvalue weighted by Crippen LogP contribution is -2.46. The zero-order valence-electron chi connectivity index (χ0n) is 12.1. The first-order valence-electron chi connectivity index (χ1n) is 7.30. The average molecular weight is 304 g/mol. The Kier molecular flexibility index (Phi) is 4.17. The van der Waals surface area contributed by atoms with E-state index in [4.69, 9.17) is 0 Å². The summed E-state index contributed by atoms with van der Waals surface area (Å²) < 4.78 is 23.4. The van der Waals surface area contributed by atoms with Crippen LogP contribution in [0.15, 0.2) is 0 Å². The summed E-state index contributed by atoms with van der Waals surface area (Å²) in [5, 5.41) is 19.7. The Hall–Kier alpha value is -0.620. The number of carboxylic acids is 1. The summed E-state index contributed by atoms with van der Waals surface area (Å²) in [5.74, 6) is -1.07. The van der Waals surface area contributed by atoms with Crippen molar-refractivity contribution in [2.45, 2.75) is 45.6 Å². The Labute approximate surface area is 120 Å². The minimum Gasteiger partial charge on any atom is -0.481 e. The van der Waals surface area contributed by atoms with Crippen LogP contribution < -0.4 is 0 Å². The van der Waals surface area contributed by atoms with Gasteiger partial charge in [-0.2, -0.15) is 0 Å². The molecule has 2 N–H and O–H groups in total. The van der Waals surface area contributed by atoms with Crippen LogP contribution in [0.5, 0.6) is 0 Å². The molecule has 1 aliphatic carbocycles. The largest absolute Gasteiger partial charge is 0.481 e. The lowest BCUT2D eigenvalue weighted by Gasteiger charge is -2.42. The fourth-order valence-corrected chi connectivity index (χ4v) is 5.90. The molecule has 116 valence electrons. The fraction of sp³-hybridized carbons (Fsp3) is 0.929. The van der Waals surface area contributed by atoms with E-state index in [0.717, 1.165) is 12.8 Å². The molecule has 2 atom stereocenters. The van der Waals surface area contributed by atoms with E-state index in [9.17, 15) is 23.4 Å². The van der Waals surface area contributed by atoms with E-state index in [0.29, 0.717) is 24.7 Å². The molecule has 20 heavy (non-hydrogen) atoms. The Balaban J connectivity index is 2.23. The topological polar surface area (TPSA) is 91.7 Å². The summed E-state index contributed by atoms with van der Waals surface area (Å²) in [6.07, 6.45) is 1.51. The molecule has 6 heteroatoms. The van der Waals surface area contributed by atoms with Gasteiger partial charge in [-0.25, -0.2) is 8.42 Å². The predicted octanol–water partition coefficient (Wildman–Crippen LogP) is 1.31. The van der Waals surface area contributed by atoms with Crippen LogP contribution >= 0.6 is 0 Å². The van der Waals surface area contributed by atoms with Crippen LogP contribution in [-0.2, 0) is 14.6 Å². The van der Waals surface area contributed by atoms with Gasteiger partial charge in [0.05, 0.1) is 23.0 Å². The number of carboxylic acid groups (broad SMARTS) is 1. The van der Waals surface area contributed by atoms with Gasteiger partial charge >= 0.3 is 5.97 Å². The number of hydrogen-bond acceptors (Lipinski definition) is 4. The number of aliphatic hydroxyl groups is 1. The third-order valence-corrected chi connectivity index (χ3v) is 7.04. The molecule has 1 aliphatic heterocycles. The van der Waals surface area contributed by atoms with Crippen molar-refractivity contribution in [2.24, 2.45) is 23.2 Å². The SMILES string of the molecule is CC(C)C1CCC(C(=O)O)(C2CS(=O)(=O)CC2O)CC1. The zero-order chi connectivity index (χ0) is 15.1. The second kappa shape index (κ2) is 5.30. The van der Waals surface area contributed by atoms with E-state index in [2.05, 4.69) is 13.8 Å². The van der Waals surface area contributed by atoms with Gasteiger partial charge in [0.15, 0.2) is 9.84 Å². The van der Waals surface area contributed by atoms with Crippen LogP contribution in [0.1, 0.15) is 39.5 Å². The van der Waals surface area contributed by atoms with Crippen LogP contribution in [0.25, 0.3) is 0 Å². The molecular weight excluding hydrogens is 280 g/mol. The van der Waals surface area contributed by atoms with Gasteiger partial charge in [-0.1, -0.05) is 13.8 Å². The van der Waals surface area contributed by atoms with Crippen molar-refractivity contribution in [2.75, 3.05) is 11.5 Å². The van der Waals surface area contributed by atoms with E-state index < -0.39 is 33.2 Å². The van der Waals surface area contributed by atoms with Crippen molar-refractivity contribution in [3.63, 3.8) is 0 Å². The third kappa shape index (κ3) is 2.72.